The van der Waals surface area contributed by atoms with Crippen molar-refractivity contribution in [2.75, 3.05) is 13.0 Å². The second-order valence-corrected chi connectivity index (χ2v) is 4.75. The van der Waals surface area contributed by atoms with Crippen molar-refractivity contribution < 1.29 is 14.3 Å². The number of amides is 1. The van der Waals surface area contributed by atoms with Gasteiger partial charge in [0.1, 0.15) is 5.88 Å². The van der Waals surface area contributed by atoms with E-state index in [1.54, 1.807) is 0 Å². The van der Waals surface area contributed by atoms with Crippen LogP contribution in [0.25, 0.3) is 0 Å². The molecule has 0 spiro atoms. The van der Waals surface area contributed by atoms with E-state index in [1.807, 2.05) is 0 Å². The van der Waals surface area contributed by atoms with E-state index in [0.717, 1.165) is 12.8 Å². The second-order valence-electron chi connectivity index (χ2n) is 4.49. The summed E-state index contributed by atoms with van der Waals surface area (Å²) in [5, 5.41) is 2.83. The molecule has 0 saturated heterocycles. The van der Waals surface area contributed by atoms with Gasteiger partial charge in [0.05, 0.1) is 13.5 Å². The minimum Gasteiger partial charge on any atom is -0.469 e. The molecule has 17 heavy (non-hydrogen) atoms. The predicted octanol–water partition coefficient (Wildman–Crippen LogP) is 1.85. The number of alkyl halides is 1. The van der Waals surface area contributed by atoms with Gasteiger partial charge in [0, 0.05) is 6.04 Å². The number of methoxy groups -OCH3 is 1. The van der Waals surface area contributed by atoms with Gasteiger partial charge in [-0.25, -0.2) is 0 Å². The van der Waals surface area contributed by atoms with Crippen molar-refractivity contribution in [1.29, 1.82) is 0 Å². The number of carbonyl (C=O) groups excluding carboxylic acids is 2. The first-order valence-corrected chi connectivity index (χ1v) is 6.63. The van der Waals surface area contributed by atoms with E-state index in [1.165, 1.54) is 26.4 Å². The van der Waals surface area contributed by atoms with Crippen LogP contribution in [0.15, 0.2) is 0 Å². The zero-order chi connectivity index (χ0) is 12.7. The highest BCUT2D eigenvalue weighted by molar-refractivity contribution is 6.27. The molecule has 0 aromatic heterocycles. The van der Waals surface area contributed by atoms with E-state index in [0.29, 0.717) is 5.92 Å². The third-order valence-electron chi connectivity index (χ3n) is 3.30. The lowest BCUT2D eigenvalue weighted by Crippen LogP contribution is -2.43. The molecule has 1 rings (SSSR count). The Bertz CT molecular complexity index is 246. The van der Waals surface area contributed by atoms with Crippen molar-refractivity contribution in [1.82, 2.24) is 5.32 Å². The van der Waals surface area contributed by atoms with Crippen LogP contribution in [-0.4, -0.2) is 30.9 Å². The van der Waals surface area contributed by atoms with Crippen molar-refractivity contribution in [2.45, 2.75) is 44.6 Å². The molecule has 1 unspecified atom stereocenters. The van der Waals surface area contributed by atoms with Crippen LogP contribution in [0, 0.1) is 5.92 Å². The Morgan fingerprint density at radius 2 is 2.00 bits per heavy atom. The fourth-order valence-electron chi connectivity index (χ4n) is 2.38. The number of halogens is 1. The van der Waals surface area contributed by atoms with Gasteiger partial charge in [-0.1, -0.05) is 19.3 Å². The van der Waals surface area contributed by atoms with E-state index in [4.69, 9.17) is 11.6 Å². The standard InChI is InChI=1S/C12H20ClNO3/c1-17-12(16)7-10(14-11(15)8-13)9-5-3-2-4-6-9/h9-10H,2-8H2,1H3,(H,14,15). The number of ether oxygens (including phenoxy) is 1. The molecule has 5 heteroatoms. The lowest BCUT2D eigenvalue weighted by atomic mass is 9.82. The zero-order valence-corrected chi connectivity index (χ0v) is 11.0. The number of hydrogen-bond acceptors (Lipinski definition) is 3. The summed E-state index contributed by atoms with van der Waals surface area (Å²) in [6.07, 6.45) is 5.93. The highest BCUT2D eigenvalue weighted by atomic mass is 35.5. The largest absolute Gasteiger partial charge is 0.469 e. The summed E-state index contributed by atoms with van der Waals surface area (Å²) in [5.41, 5.74) is 0. The Labute approximate surface area is 107 Å². The molecule has 0 heterocycles. The number of carbonyl (C=O) groups is 2. The number of esters is 1. The third-order valence-corrected chi connectivity index (χ3v) is 3.54. The van der Waals surface area contributed by atoms with Crippen LogP contribution >= 0.6 is 11.6 Å². The summed E-state index contributed by atoms with van der Waals surface area (Å²) in [7, 11) is 1.36. The average Bonchev–Trinajstić information content (AvgIpc) is 2.38. The van der Waals surface area contributed by atoms with Crippen LogP contribution in [0.1, 0.15) is 38.5 Å². The highest BCUT2D eigenvalue weighted by Crippen LogP contribution is 2.28. The number of nitrogens with one attached hydrogen (secondary N) is 1. The Hall–Kier alpha value is -0.770. The molecule has 0 aromatic rings. The van der Waals surface area contributed by atoms with Gasteiger partial charge in [0.25, 0.3) is 0 Å². The second kappa shape index (κ2) is 7.54. The zero-order valence-electron chi connectivity index (χ0n) is 10.2. The van der Waals surface area contributed by atoms with Crippen LogP contribution in [0.4, 0.5) is 0 Å². The van der Waals surface area contributed by atoms with Gasteiger partial charge in [0.2, 0.25) is 5.91 Å². The summed E-state index contributed by atoms with van der Waals surface area (Å²) in [6, 6.07) is -0.131. The molecule has 1 fully saturated rings. The first kappa shape index (κ1) is 14.3. The van der Waals surface area contributed by atoms with Gasteiger partial charge < -0.3 is 10.1 Å². The van der Waals surface area contributed by atoms with Gasteiger partial charge in [-0.2, -0.15) is 0 Å². The van der Waals surface area contributed by atoms with Crippen molar-refractivity contribution >= 4 is 23.5 Å². The van der Waals surface area contributed by atoms with Crippen LogP contribution in [0.5, 0.6) is 0 Å². The van der Waals surface area contributed by atoms with Gasteiger partial charge in [-0.3, -0.25) is 9.59 Å². The van der Waals surface area contributed by atoms with Gasteiger partial charge in [-0.05, 0) is 18.8 Å². The van der Waals surface area contributed by atoms with Crippen molar-refractivity contribution in [3.8, 4) is 0 Å². The smallest absolute Gasteiger partial charge is 0.307 e. The number of hydrogen-bond donors (Lipinski definition) is 1. The molecule has 0 aromatic carbocycles. The quantitative estimate of drug-likeness (QED) is 0.607. The van der Waals surface area contributed by atoms with Gasteiger partial charge in [0.15, 0.2) is 0 Å². The topological polar surface area (TPSA) is 55.4 Å². The molecule has 0 radical (unpaired) electrons. The van der Waals surface area contributed by atoms with Crippen molar-refractivity contribution in [2.24, 2.45) is 5.92 Å². The van der Waals surface area contributed by atoms with E-state index in [2.05, 4.69) is 10.1 Å². The fraction of sp³-hybridized carbons (Fsp3) is 0.833. The molecule has 4 nitrogen and oxygen atoms in total. The summed E-state index contributed by atoms with van der Waals surface area (Å²) >= 11 is 5.48. The van der Waals surface area contributed by atoms with E-state index in [-0.39, 0.29) is 30.2 Å². The van der Waals surface area contributed by atoms with E-state index >= 15 is 0 Å². The third kappa shape index (κ3) is 4.94. The number of rotatable bonds is 5. The van der Waals surface area contributed by atoms with Crippen LogP contribution in [0.3, 0.4) is 0 Å². The SMILES string of the molecule is COC(=O)CC(NC(=O)CCl)C1CCCCC1. The summed E-state index contributed by atoms with van der Waals surface area (Å²) < 4.78 is 4.66. The molecular formula is C12H20ClNO3. The minimum atomic E-state index is -0.282. The molecule has 1 atom stereocenters. The summed E-state index contributed by atoms with van der Waals surface area (Å²) in [4.78, 5) is 22.7. The van der Waals surface area contributed by atoms with Crippen LogP contribution in [-0.2, 0) is 14.3 Å². The molecule has 0 bridgehead atoms. The molecule has 98 valence electrons. The molecule has 1 amide bonds. The average molecular weight is 262 g/mol. The Kier molecular flexibility index (Phi) is 6.34. The lowest BCUT2D eigenvalue weighted by Gasteiger charge is -2.30. The monoisotopic (exact) mass is 261 g/mol. The molecule has 1 saturated carbocycles. The maximum atomic E-state index is 11.3. The fourth-order valence-corrected chi connectivity index (χ4v) is 2.46. The van der Waals surface area contributed by atoms with Gasteiger partial charge in [-0.15, -0.1) is 11.6 Å². The molecule has 0 aliphatic heterocycles. The van der Waals surface area contributed by atoms with Crippen molar-refractivity contribution in [3.63, 3.8) is 0 Å². The Morgan fingerprint density at radius 1 is 1.35 bits per heavy atom. The van der Waals surface area contributed by atoms with Crippen LogP contribution < -0.4 is 5.32 Å². The van der Waals surface area contributed by atoms with E-state index < -0.39 is 0 Å². The maximum Gasteiger partial charge on any atom is 0.307 e. The van der Waals surface area contributed by atoms with E-state index in [9.17, 15) is 9.59 Å². The summed E-state index contributed by atoms with van der Waals surface area (Å²) in [6.45, 7) is 0. The first-order valence-electron chi connectivity index (χ1n) is 6.09. The highest BCUT2D eigenvalue weighted by Gasteiger charge is 2.27. The normalized spacial score (nSPS) is 18.5. The molecule has 1 N–H and O–H groups in total. The van der Waals surface area contributed by atoms with Crippen molar-refractivity contribution in [3.05, 3.63) is 0 Å². The van der Waals surface area contributed by atoms with Crippen LogP contribution in [0.2, 0.25) is 0 Å². The Balaban J connectivity index is 2.56. The predicted molar refractivity (Wildman–Crippen MR) is 65.9 cm³/mol. The Morgan fingerprint density at radius 3 is 2.53 bits per heavy atom. The summed E-state index contributed by atoms with van der Waals surface area (Å²) in [5.74, 6) is -0.193. The minimum absolute atomic E-state index is 0.0651. The molecular weight excluding hydrogens is 242 g/mol. The maximum absolute atomic E-state index is 11.3. The lowest BCUT2D eigenvalue weighted by molar-refractivity contribution is -0.141. The van der Waals surface area contributed by atoms with Gasteiger partial charge >= 0.3 is 5.97 Å². The first-order chi connectivity index (χ1) is 8.17. The molecule has 1 aliphatic carbocycles. The molecule has 1 aliphatic rings.